The van der Waals surface area contributed by atoms with Gasteiger partial charge in [-0.2, -0.15) is 0 Å². The molecule has 3 nitrogen and oxygen atoms in total. The Kier molecular flexibility index (Phi) is 4.58. The number of aliphatic hydroxyl groups excluding tert-OH is 1. The van der Waals surface area contributed by atoms with Crippen molar-refractivity contribution < 1.29 is 19.0 Å². The standard InChI is InChI=1S/C16H17FO3/c1-11-7-14(17)5-4-13(11)10-20-16-8-12(9-18)3-6-15(16)19-2/h3-8,18H,9-10H2,1-2H3. The van der Waals surface area contributed by atoms with Gasteiger partial charge in [-0.25, -0.2) is 4.39 Å². The third kappa shape index (κ3) is 3.27. The fourth-order valence-corrected chi connectivity index (χ4v) is 1.91. The normalized spacial score (nSPS) is 10.4. The Hall–Kier alpha value is -2.07. The van der Waals surface area contributed by atoms with Gasteiger partial charge in [0, 0.05) is 0 Å². The van der Waals surface area contributed by atoms with E-state index in [2.05, 4.69) is 0 Å². The van der Waals surface area contributed by atoms with Crippen LogP contribution >= 0.6 is 0 Å². The predicted molar refractivity (Wildman–Crippen MR) is 74.4 cm³/mol. The minimum Gasteiger partial charge on any atom is -0.493 e. The third-order valence-corrected chi connectivity index (χ3v) is 3.10. The van der Waals surface area contributed by atoms with Crippen molar-refractivity contribution in [2.75, 3.05) is 7.11 Å². The lowest BCUT2D eigenvalue weighted by Crippen LogP contribution is -2.00. The molecule has 4 heteroatoms. The highest BCUT2D eigenvalue weighted by molar-refractivity contribution is 5.43. The van der Waals surface area contributed by atoms with E-state index < -0.39 is 0 Å². The quantitative estimate of drug-likeness (QED) is 0.911. The molecule has 0 atom stereocenters. The first-order valence-corrected chi connectivity index (χ1v) is 6.29. The van der Waals surface area contributed by atoms with Crippen molar-refractivity contribution in [2.45, 2.75) is 20.1 Å². The van der Waals surface area contributed by atoms with Gasteiger partial charge in [0.1, 0.15) is 12.4 Å². The van der Waals surface area contributed by atoms with Gasteiger partial charge < -0.3 is 14.6 Å². The predicted octanol–water partition coefficient (Wildman–Crippen LogP) is 3.21. The van der Waals surface area contributed by atoms with Crippen LogP contribution in [-0.4, -0.2) is 12.2 Å². The molecule has 0 saturated carbocycles. The molecule has 20 heavy (non-hydrogen) atoms. The van der Waals surface area contributed by atoms with Crippen molar-refractivity contribution in [1.82, 2.24) is 0 Å². The van der Waals surface area contributed by atoms with E-state index in [9.17, 15) is 4.39 Å². The lowest BCUT2D eigenvalue weighted by molar-refractivity contribution is 0.271. The Balaban J connectivity index is 2.17. The van der Waals surface area contributed by atoms with E-state index in [1.807, 2.05) is 6.92 Å². The highest BCUT2D eigenvalue weighted by Gasteiger charge is 2.07. The highest BCUT2D eigenvalue weighted by atomic mass is 19.1. The molecular weight excluding hydrogens is 259 g/mol. The molecule has 2 rings (SSSR count). The Morgan fingerprint density at radius 1 is 1.10 bits per heavy atom. The summed E-state index contributed by atoms with van der Waals surface area (Å²) in [4.78, 5) is 0. The molecule has 0 bridgehead atoms. The van der Waals surface area contributed by atoms with E-state index >= 15 is 0 Å². The topological polar surface area (TPSA) is 38.7 Å². The second-order valence-electron chi connectivity index (χ2n) is 4.50. The molecule has 0 aliphatic carbocycles. The third-order valence-electron chi connectivity index (χ3n) is 3.10. The van der Waals surface area contributed by atoms with Crippen LogP contribution in [0.1, 0.15) is 16.7 Å². The second kappa shape index (κ2) is 6.39. The molecule has 0 amide bonds. The summed E-state index contributed by atoms with van der Waals surface area (Å²) < 4.78 is 24.0. The van der Waals surface area contributed by atoms with Crippen molar-refractivity contribution in [3.05, 3.63) is 58.9 Å². The number of benzene rings is 2. The first-order valence-electron chi connectivity index (χ1n) is 6.29. The van der Waals surface area contributed by atoms with Crippen LogP contribution in [0.5, 0.6) is 11.5 Å². The lowest BCUT2D eigenvalue weighted by atomic mass is 10.1. The van der Waals surface area contributed by atoms with Crippen LogP contribution in [0.3, 0.4) is 0 Å². The van der Waals surface area contributed by atoms with Crippen LogP contribution in [0.2, 0.25) is 0 Å². The molecular formula is C16H17FO3. The molecule has 0 aliphatic heterocycles. The van der Waals surface area contributed by atoms with Crippen molar-refractivity contribution in [2.24, 2.45) is 0 Å². The van der Waals surface area contributed by atoms with E-state index in [0.29, 0.717) is 18.1 Å². The summed E-state index contributed by atoms with van der Waals surface area (Å²) in [6.07, 6.45) is 0. The molecule has 1 N–H and O–H groups in total. The molecule has 0 aromatic heterocycles. The van der Waals surface area contributed by atoms with Crippen molar-refractivity contribution >= 4 is 0 Å². The van der Waals surface area contributed by atoms with Crippen LogP contribution in [0.25, 0.3) is 0 Å². The fraction of sp³-hybridized carbons (Fsp3) is 0.250. The zero-order valence-electron chi connectivity index (χ0n) is 11.5. The van der Waals surface area contributed by atoms with Gasteiger partial charge in [-0.1, -0.05) is 12.1 Å². The summed E-state index contributed by atoms with van der Waals surface area (Å²) in [6, 6.07) is 9.84. The Morgan fingerprint density at radius 3 is 2.55 bits per heavy atom. The maximum Gasteiger partial charge on any atom is 0.162 e. The average Bonchev–Trinajstić information content (AvgIpc) is 2.46. The number of hydrogen-bond donors (Lipinski definition) is 1. The SMILES string of the molecule is COc1ccc(CO)cc1OCc1ccc(F)cc1C. The largest absolute Gasteiger partial charge is 0.493 e. The average molecular weight is 276 g/mol. The minimum atomic E-state index is -0.258. The molecule has 0 aliphatic rings. The van der Waals surface area contributed by atoms with Crippen LogP contribution in [0, 0.1) is 12.7 Å². The fourth-order valence-electron chi connectivity index (χ4n) is 1.91. The van der Waals surface area contributed by atoms with Crippen LogP contribution in [0.4, 0.5) is 4.39 Å². The smallest absolute Gasteiger partial charge is 0.162 e. The minimum absolute atomic E-state index is 0.0596. The first-order chi connectivity index (χ1) is 9.63. The zero-order chi connectivity index (χ0) is 14.5. The van der Waals surface area contributed by atoms with Crippen molar-refractivity contribution in [3.8, 4) is 11.5 Å². The summed E-state index contributed by atoms with van der Waals surface area (Å²) in [7, 11) is 1.56. The van der Waals surface area contributed by atoms with E-state index in [0.717, 1.165) is 16.7 Å². The maximum absolute atomic E-state index is 13.0. The molecule has 0 heterocycles. The number of hydrogen-bond acceptors (Lipinski definition) is 3. The van der Waals surface area contributed by atoms with Crippen LogP contribution < -0.4 is 9.47 Å². The monoisotopic (exact) mass is 276 g/mol. The Morgan fingerprint density at radius 2 is 1.90 bits per heavy atom. The van der Waals surface area contributed by atoms with Gasteiger partial charge in [0.05, 0.1) is 13.7 Å². The van der Waals surface area contributed by atoms with Gasteiger partial charge in [-0.15, -0.1) is 0 Å². The summed E-state index contributed by atoms with van der Waals surface area (Å²) in [6.45, 7) is 2.09. The lowest BCUT2D eigenvalue weighted by Gasteiger charge is -2.13. The number of rotatable bonds is 5. The van der Waals surface area contributed by atoms with E-state index in [1.165, 1.54) is 12.1 Å². The number of methoxy groups -OCH3 is 1. The van der Waals surface area contributed by atoms with Crippen molar-refractivity contribution in [1.29, 1.82) is 0 Å². The van der Waals surface area contributed by atoms with Crippen LogP contribution in [-0.2, 0) is 13.2 Å². The summed E-state index contributed by atoms with van der Waals surface area (Å²) in [5.41, 5.74) is 2.49. The molecule has 0 spiro atoms. The zero-order valence-corrected chi connectivity index (χ0v) is 11.5. The summed E-state index contributed by atoms with van der Waals surface area (Å²) in [5, 5.41) is 9.15. The van der Waals surface area contributed by atoms with Gasteiger partial charge in [0.2, 0.25) is 0 Å². The van der Waals surface area contributed by atoms with Gasteiger partial charge in [0.15, 0.2) is 11.5 Å². The van der Waals surface area contributed by atoms with Crippen LogP contribution in [0.15, 0.2) is 36.4 Å². The molecule has 0 unspecified atom stereocenters. The second-order valence-corrected chi connectivity index (χ2v) is 4.50. The molecule has 2 aromatic rings. The van der Waals surface area contributed by atoms with Gasteiger partial charge in [-0.3, -0.25) is 0 Å². The Labute approximate surface area is 117 Å². The summed E-state index contributed by atoms with van der Waals surface area (Å²) >= 11 is 0. The maximum atomic E-state index is 13.0. The number of halogens is 1. The van der Waals surface area contributed by atoms with Gasteiger partial charge in [0.25, 0.3) is 0 Å². The number of aryl methyl sites for hydroxylation is 1. The number of aliphatic hydroxyl groups is 1. The first kappa shape index (κ1) is 14.3. The molecule has 2 aromatic carbocycles. The highest BCUT2D eigenvalue weighted by Crippen LogP contribution is 2.29. The molecule has 0 radical (unpaired) electrons. The van der Waals surface area contributed by atoms with Crippen molar-refractivity contribution in [3.63, 3.8) is 0 Å². The molecule has 0 fully saturated rings. The Bertz CT molecular complexity index is 596. The van der Waals surface area contributed by atoms with E-state index in [4.69, 9.17) is 14.6 Å². The van der Waals surface area contributed by atoms with E-state index in [1.54, 1.807) is 31.4 Å². The van der Waals surface area contributed by atoms with Gasteiger partial charge in [-0.05, 0) is 47.9 Å². The van der Waals surface area contributed by atoms with Gasteiger partial charge >= 0.3 is 0 Å². The van der Waals surface area contributed by atoms with E-state index in [-0.39, 0.29) is 12.4 Å². The molecule has 0 saturated heterocycles. The number of ether oxygens (including phenoxy) is 2. The molecule has 106 valence electrons. The summed E-state index contributed by atoms with van der Waals surface area (Å²) in [5.74, 6) is 0.899.